The molecule has 0 saturated heterocycles. The second-order valence-corrected chi connectivity index (χ2v) is 4.93. The van der Waals surface area contributed by atoms with Crippen molar-refractivity contribution >= 4 is 17.5 Å². The van der Waals surface area contributed by atoms with Crippen LogP contribution in [-0.4, -0.2) is 33.5 Å². The van der Waals surface area contributed by atoms with E-state index in [9.17, 15) is 4.79 Å². The smallest absolute Gasteiger partial charge is 0.231 e. The lowest BCUT2D eigenvalue weighted by atomic mass is 10.1. The van der Waals surface area contributed by atoms with Crippen molar-refractivity contribution in [2.24, 2.45) is 0 Å². The van der Waals surface area contributed by atoms with Crippen LogP contribution in [0.25, 0.3) is 0 Å². The summed E-state index contributed by atoms with van der Waals surface area (Å²) in [5.41, 5.74) is 0.601. The lowest BCUT2D eigenvalue weighted by Gasteiger charge is -2.01. The molecule has 19 heavy (non-hydrogen) atoms. The molecule has 0 bridgehead atoms. The van der Waals surface area contributed by atoms with E-state index in [0.717, 1.165) is 5.82 Å². The number of carbonyl (C=O) groups is 1. The van der Waals surface area contributed by atoms with E-state index in [1.54, 1.807) is 18.2 Å². The minimum atomic E-state index is 0.00533. The number of aryl methyl sites for hydroxylation is 1. The molecule has 0 spiro atoms. The number of benzene rings is 1. The van der Waals surface area contributed by atoms with Gasteiger partial charge in [0.05, 0.1) is 5.75 Å². The number of Topliss-reactive ketones (excluding diaryl/α,β-unsaturated/α-hetero) is 1. The van der Waals surface area contributed by atoms with Crippen LogP contribution in [0, 0.1) is 6.92 Å². The second-order valence-electron chi connectivity index (χ2n) is 3.98. The molecule has 0 aliphatic carbocycles. The van der Waals surface area contributed by atoms with Crippen LogP contribution in [0.5, 0.6) is 11.5 Å². The van der Waals surface area contributed by atoms with Gasteiger partial charge in [0.2, 0.25) is 11.9 Å². The highest BCUT2D eigenvalue weighted by Crippen LogP contribution is 2.32. The molecule has 2 heterocycles. The van der Waals surface area contributed by atoms with Gasteiger partial charge in [0.1, 0.15) is 5.82 Å². The van der Waals surface area contributed by atoms with Gasteiger partial charge in [-0.3, -0.25) is 9.89 Å². The second kappa shape index (κ2) is 4.93. The quantitative estimate of drug-likeness (QED) is 0.678. The highest BCUT2D eigenvalue weighted by atomic mass is 32.2. The zero-order chi connectivity index (χ0) is 13.2. The van der Waals surface area contributed by atoms with Crippen molar-refractivity contribution in [1.29, 1.82) is 0 Å². The molecule has 7 heteroatoms. The largest absolute Gasteiger partial charge is 0.454 e. The summed E-state index contributed by atoms with van der Waals surface area (Å²) in [7, 11) is 0. The van der Waals surface area contributed by atoms with Crippen LogP contribution in [0.2, 0.25) is 0 Å². The van der Waals surface area contributed by atoms with Crippen LogP contribution in [-0.2, 0) is 0 Å². The summed E-state index contributed by atoms with van der Waals surface area (Å²) in [4.78, 5) is 16.2. The molecule has 1 aliphatic rings. The highest BCUT2D eigenvalue weighted by Gasteiger charge is 2.16. The summed E-state index contributed by atoms with van der Waals surface area (Å²) in [5.74, 6) is 2.32. The van der Waals surface area contributed by atoms with Crippen molar-refractivity contribution < 1.29 is 14.3 Å². The molecule has 0 amide bonds. The van der Waals surface area contributed by atoms with Crippen LogP contribution in [0.15, 0.2) is 23.4 Å². The SMILES string of the molecule is Cc1nc(SCC(=O)c2ccc3c(c2)OCO3)n[nH]1. The van der Waals surface area contributed by atoms with Crippen LogP contribution >= 0.6 is 11.8 Å². The van der Waals surface area contributed by atoms with E-state index in [2.05, 4.69) is 15.2 Å². The number of rotatable bonds is 4. The Morgan fingerprint density at radius 3 is 3.05 bits per heavy atom. The van der Waals surface area contributed by atoms with Crippen molar-refractivity contribution in [1.82, 2.24) is 15.2 Å². The minimum absolute atomic E-state index is 0.00533. The number of aromatic nitrogens is 3. The molecule has 0 radical (unpaired) electrons. The van der Waals surface area contributed by atoms with E-state index in [1.807, 2.05) is 6.92 Å². The van der Waals surface area contributed by atoms with E-state index in [1.165, 1.54) is 11.8 Å². The number of hydrogen-bond donors (Lipinski definition) is 1. The molecule has 6 nitrogen and oxygen atoms in total. The van der Waals surface area contributed by atoms with E-state index >= 15 is 0 Å². The molecule has 1 N–H and O–H groups in total. The Morgan fingerprint density at radius 2 is 2.26 bits per heavy atom. The van der Waals surface area contributed by atoms with Gasteiger partial charge >= 0.3 is 0 Å². The molecular formula is C12H11N3O3S. The van der Waals surface area contributed by atoms with Crippen molar-refractivity contribution in [2.45, 2.75) is 12.1 Å². The molecule has 1 aromatic carbocycles. The van der Waals surface area contributed by atoms with Gasteiger partial charge in [0.15, 0.2) is 17.3 Å². The predicted octanol–water partition coefficient (Wildman–Crippen LogP) is 1.82. The van der Waals surface area contributed by atoms with Crippen molar-refractivity contribution in [2.75, 3.05) is 12.5 Å². The number of H-pyrrole nitrogens is 1. The monoisotopic (exact) mass is 277 g/mol. The molecular weight excluding hydrogens is 266 g/mol. The number of ketones is 1. The maximum absolute atomic E-state index is 12.0. The molecule has 0 unspecified atom stereocenters. The summed E-state index contributed by atoms with van der Waals surface area (Å²) in [6.07, 6.45) is 0. The maximum Gasteiger partial charge on any atom is 0.231 e. The summed E-state index contributed by atoms with van der Waals surface area (Å²) >= 11 is 1.30. The fraction of sp³-hybridized carbons (Fsp3) is 0.250. The fourth-order valence-corrected chi connectivity index (χ4v) is 2.41. The average Bonchev–Trinajstić information content (AvgIpc) is 3.03. The molecule has 1 aromatic heterocycles. The van der Waals surface area contributed by atoms with Crippen LogP contribution < -0.4 is 9.47 Å². The molecule has 0 fully saturated rings. The molecule has 1 aliphatic heterocycles. The van der Waals surface area contributed by atoms with Gasteiger partial charge in [-0.15, -0.1) is 5.10 Å². The number of fused-ring (bicyclic) bond motifs is 1. The highest BCUT2D eigenvalue weighted by molar-refractivity contribution is 7.99. The zero-order valence-corrected chi connectivity index (χ0v) is 11.0. The molecule has 0 atom stereocenters. The van der Waals surface area contributed by atoms with E-state index in [4.69, 9.17) is 9.47 Å². The van der Waals surface area contributed by atoms with Gasteiger partial charge < -0.3 is 9.47 Å². The standard InChI is InChI=1S/C12H11N3O3S/c1-7-13-12(15-14-7)19-5-9(16)8-2-3-10-11(4-8)18-6-17-10/h2-4H,5-6H2,1H3,(H,13,14,15). The molecule has 3 rings (SSSR count). The Balaban J connectivity index is 1.67. The molecule has 0 saturated carbocycles. The lowest BCUT2D eigenvalue weighted by molar-refractivity contribution is 0.102. The number of hydrogen-bond acceptors (Lipinski definition) is 6. The van der Waals surface area contributed by atoms with Gasteiger partial charge in [-0.1, -0.05) is 11.8 Å². The topological polar surface area (TPSA) is 77.1 Å². The number of ether oxygens (including phenoxy) is 2. The van der Waals surface area contributed by atoms with E-state index in [-0.39, 0.29) is 18.3 Å². The normalized spacial score (nSPS) is 12.7. The summed E-state index contributed by atoms with van der Waals surface area (Å²) in [5, 5.41) is 7.28. The minimum Gasteiger partial charge on any atom is -0.454 e. The molecule has 98 valence electrons. The van der Waals surface area contributed by atoms with Gasteiger partial charge in [-0.25, -0.2) is 4.98 Å². The van der Waals surface area contributed by atoms with E-state index < -0.39 is 0 Å². The molecule has 2 aromatic rings. The van der Waals surface area contributed by atoms with Crippen LogP contribution in [0.3, 0.4) is 0 Å². The van der Waals surface area contributed by atoms with Crippen molar-refractivity contribution in [3.05, 3.63) is 29.6 Å². The Hall–Kier alpha value is -2.02. The third-order valence-electron chi connectivity index (χ3n) is 2.60. The Bertz CT molecular complexity index is 626. The van der Waals surface area contributed by atoms with Gasteiger partial charge in [-0.2, -0.15) is 0 Å². The number of nitrogens with zero attached hydrogens (tertiary/aromatic N) is 2. The lowest BCUT2D eigenvalue weighted by Crippen LogP contribution is -2.02. The first-order valence-corrected chi connectivity index (χ1v) is 6.65. The number of aromatic amines is 1. The Morgan fingerprint density at radius 1 is 1.42 bits per heavy atom. The number of carbonyl (C=O) groups excluding carboxylic acids is 1. The number of thioether (sulfide) groups is 1. The predicted molar refractivity (Wildman–Crippen MR) is 68.7 cm³/mol. The van der Waals surface area contributed by atoms with Crippen LogP contribution in [0.1, 0.15) is 16.2 Å². The van der Waals surface area contributed by atoms with Gasteiger partial charge in [0.25, 0.3) is 0 Å². The first kappa shape index (κ1) is 12.0. The zero-order valence-electron chi connectivity index (χ0n) is 10.2. The Kier molecular flexibility index (Phi) is 3.12. The number of nitrogens with one attached hydrogen (secondary N) is 1. The van der Waals surface area contributed by atoms with Crippen molar-refractivity contribution in [3.63, 3.8) is 0 Å². The third kappa shape index (κ3) is 2.55. The average molecular weight is 277 g/mol. The van der Waals surface area contributed by atoms with Crippen LogP contribution in [0.4, 0.5) is 0 Å². The third-order valence-corrected chi connectivity index (χ3v) is 3.45. The van der Waals surface area contributed by atoms with E-state index in [0.29, 0.717) is 22.2 Å². The summed E-state index contributed by atoms with van der Waals surface area (Å²) in [6.45, 7) is 2.02. The summed E-state index contributed by atoms with van der Waals surface area (Å²) < 4.78 is 10.4. The van der Waals surface area contributed by atoms with Gasteiger partial charge in [-0.05, 0) is 25.1 Å². The first-order chi connectivity index (χ1) is 9.22. The fourth-order valence-electron chi connectivity index (χ4n) is 1.67. The first-order valence-electron chi connectivity index (χ1n) is 5.67. The maximum atomic E-state index is 12.0. The van der Waals surface area contributed by atoms with Crippen molar-refractivity contribution in [3.8, 4) is 11.5 Å². The van der Waals surface area contributed by atoms with Gasteiger partial charge in [0, 0.05) is 5.56 Å². The summed E-state index contributed by atoms with van der Waals surface area (Å²) in [6, 6.07) is 5.19. The Labute approximate surface area is 113 Å².